The number of ether oxygens (including phenoxy) is 1. The Hall–Kier alpha value is -2.39. The van der Waals surface area contributed by atoms with Crippen LogP contribution in [0.2, 0.25) is 5.04 Å². The number of aliphatic hydroxyl groups is 3. The molecule has 5 atom stereocenters. The minimum Gasteiger partial charge on any atom is -0.425 e. The van der Waals surface area contributed by atoms with Crippen molar-refractivity contribution in [1.29, 1.82) is 0 Å². The van der Waals surface area contributed by atoms with Gasteiger partial charge >= 0.3 is 0 Å². The van der Waals surface area contributed by atoms with Crippen molar-refractivity contribution in [2.75, 3.05) is 6.61 Å². The molecule has 0 aliphatic carbocycles. The maximum Gasteiger partial charge on any atom is 0.160 e. The van der Waals surface area contributed by atoms with Crippen LogP contribution in [0.5, 0.6) is 0 Å². The molecular weight excluding hydrogens is 414 g/mol. The Kier molecular flexibility index (Phi) is 7.05. The maximum atomic E-state index is 10.9. The van der Waals surface area contributed by atoms with E-state index in [1.54, 1.807) is 0 Å². The zero-order valence-corrected chi connectivity index (χ0v) is 18.9. The Labute approximate surface area is 182 Å². The van der Waals surface area contributed by atoms with Gasteiger partial charge < -0.3 is 24.9 Å². The van der Waals surface area contributed by atoms with Crippen molar-refractivity contribution in [3.8, 4) is 0 Å². The van der Waals surface area contributed by atoms with Gasteiger partial charge in [0.05, 0.1) is 12.3 Å². The lowest BCUT2D eigenvalue weighted by molar-refractivity contribution is -0.224. The highest BCUT2D eigenvalue weighted by Gasteiger charge is 2.62. The number of hydrogen-bond donors (Lipinski definition) is 3. The van der Waals surface area contributed by atoms with E-state index < -0.39 is 44.8 Å². The molecule has 3 N–H and O–H groups in total. The van der Waals surface area contributed by atoms with Crippen LogP contribution in [0.3, 0.4) is 0 Å². The summed E-state index contributed by atoms with van der Waals surface area (Å²) in [6.07, 6.45) is -4.94. The molecule has 2 aromatic rings. The van der Waals surface area contributed by atoms with Crippen LogP contribution < -0.4 is 10.4 Å². The number of hydrogen-bond acceptors (Lipinski definition) is 6. The molecule has 0 radical (unpaired) electrons. The molecular formula is C22H29N3O5Si. The van der Waals surface area contributed by atoms with Crippen molar-refractivity contribution < 1.29 is 24.9 Å². The number of aliphatic hydroxyl groups excluding tert-OH is 3. The van der Waals surface area contributed by atoms with E-state index in [4.69, 9.17) is 15.1 Å². The lowest BCUT2D eigenvalue weighted by Crippen LogP contribution is -2.79. The lowest BCUT2D eigenvalue weighted by Gasteiger charge is -2.54. The lowest BCUT2D eigenvalue weighted by atomic mass is 10.0. The maximum absolute atomic E-state index is 10.9. The summed E-state index contributed by atoms with van der Waals surface area (Å²) in [4.78, 5) is 8.06. The van der Waals surface area contributed by atoms with Crippen molar-refractivity contribution in [3.63, 3.8) is 0 Å². The van der Waals surface area contributed by atoms with Crippen molar-refractivity contribution in [2.45, 2.75) is 56.0 Å². The van der Waals surface area contributed by atoms with Gasteiger partial charge in [-0.05, 0) is 10.6 Å². The van der Waals surface area contributed by atoms with Crippen LogP contribution >= 0.6 is 0 Å². The third-order valence-corrected chi connectivity index (χ3v) is 12.3. The molecule has 1 aliphatic rings. The first kappa shape index (κ1) is 23.3. The standard InChI is InChI=1S/C22H29N3O5Si/c1-22(2,3)31(15-10-6-4-7-11-15,16-12-8-5-9-13-16)21-20(30-25-24-23)19(28)18(27)17(14-26)29-21/h4-13,17-21,26-28H,14H2,1-3H3/t17-,18-,19+,20-,21?/m1/s1. The predicted molar refractivity (Wildman–Crippen MR) is 119 cm³/mol. The van der Waals surface area contributed by atoms with E-state index in [0.29, 0.717) is 0 Å². The molecule has 166 valence electrons. The largest absolute Gasteiger partial charge is 0.425 e. The molecule has 0 spiro atoms. The number of nitrogens with zero attached hydrogens (tertiary/aromatic N) is 3. The fourth-order valence-corrected chi connectivity index (χ4v) is 11.0. The van der Waals surface area contributed by atoms with Gasteiger partial charge in [0.1, 0.15) is 23.6 Å². The van der Waals surface area contributed by atoms with Crippen LogP contribution in [0.15, 0.2) is 65.9 Å². The van der Waals surface area contributed by atoms with E-state index in [1.165, 1.54) is 0 Å². The van der Waals surface area contributed by atoms with E-state index in [0.717, 1.165) is 10.4 Å². The molecule has 1 fully saturated rings. The third-order valence-electron chi connectivity index (χ3n) is 6.14. The molecule has 1 saturated heterocycles. The Morgan fingerprint density at radius 3 is 1.94 bits per heavy atom. The Bertz CT molecular complexity index is 863. The van der Waals surface area contributed by atoms with Gasteiger partial charge in [0, 0.05) is 4.91 Å². The van der Waals surface area contributed by atoms with Gasteiger partial charge in [0.15, 0.2) is 14.2 Å². The molecule has 0 aromatic heterocycles. The van der Waals surface area contributed by atoms with Crippen LogP contribution in [0.1, 0.15) is 20.8 Å². The summed E-state index contributed by atoms with van der Waals surface area (Å²) in [5.74, 6) is 0. The van der Waals surface area contributed by atoms with Gasteiger partial charge in [-0.2, -0.15) is 0 Å². The van der Waals surface area contributed by atoms with Gasteiger partial charge in [-0.25, -0.2) is 0 Å². The Morgan fingerprint density at radius 1 is 1.00 bits per heavy atom. The molecule has 0 bridgehead atoms. The summed E-state index contributed by atoms with van der Waals surface area (Å²) in [6.45, 7) is 5.86. The van der Waals surface area contributed by atoms with E-state index in [2.05, 4.69) is 31.0 Å². The number of azide groups is 1. The summed E-state index contributed by atoms with van der Waals surface area (Å²) in [6, 6.07) is 19.8. The smallest absolute Gasteiger partial charge is 0.160 e. The number of benzene rings is 2. The highest BCUT2D eigenvalue weighted by Crippen LogP contribution is 2.43. The molecule has 1 unspecified atom stereocenters. The Morgan fingerprint density at radius 2 is 1.52 bits per heavy atom. The predicted octanol–water partition coefficient (Wildman–Crippen LogP) is 1.68. The summed E-state index contributed by atoms with van der Waals surface area (Å²) in [5.41, 5.74) is 8.08. The third kappa shape index (κ3) is 4.08. The molecule has 8 nitrogen and oxygen atoms in total. The number of rotatable bonds is 6. The monoisotopic (exact) mass is 443 g/mol. The van der Waals surface area contributed by atoms with Crippen LogP contribution in [0.25, 0.3) is 10.4 Å². The van der Waals surface area contributed by atoms with E-state index in [9.17, 15) is 15.3 Å². The van der Waals surface area contributed by atoms with Gasteiger partial charge in [0.2, 0.25) is 0 Å². The first-order chi connectivity index (χ1) is 14.8. The second kappa shape index (κ2) is 9.40. The van der Waals surface area contributed by atoms with Gasteiger partial charge in [-0.15, -0.1) is 0 Å². The molecule has 0 saturated carbocycles. The second-order valence-electron chi connectivity index (χ2n) is 8.79. The molecule has 2 aromatic carbocycles. The molecule has 0 amide bonds. The van der Waals surface area contributed by atoms with E-state index >= 15 is 0 Å². The van der Waals surface area contributed by atoms with Gasteiger partial charge in [0.25, 0.3) is 0 Å². The summed E-state index contributed by atoms with van der Waals surface area (Å²) in [7, 11) is -3.00. The van der Waals surface area contributed by atoms with Crippen LogP contribution in [-0.4, -0.2) is 60.1 Å². The molecule has 1 heterocycles. The van der Waals surface area contributed by atoms with Crippen LogP contribution in [-0.2, 0) is 9.57 Å². The molecule has 1 aliphatic heterocycles. The highest BCUT2D eigenvalue weighted by molar-refractivity contribution is 7.05. The van der Waals surface area contributed by atoms with Gasteiger partial charge in [-0.3, -0.25) is 0 Å². The van der Waals surface area contributed by atoms with Crippen molar-refractivity contribution in [2.24, 2.45) is 5.28 Å². The normalized spacial score (nSPS) is 26.7. The average molecular weight is 444 g/mol. The summed E-state index contributed by atoms with van der Waals surface area (Å²) < 4.78 is 6.32. The summed E-state index contributed by atoms with van der Waals surface area (Å²) in [5, 5.41) is 36.3. The zero-order chi connectivity index (χ0) is 22.6. The first-order valence-corrected chi connectivity index (χ1v) is 12.3. The highest BCUT2D eigenvalue weighted by atomic mass is 28.3. The van der Waals surface area contributed by atoms with Crippen LogP contribution in [0.4, 0.5) is 0 Å². The van der Waals surface area contributed by atoms with Crippen molar-refractivity contribution >= 4 is 18.4 Å². The van der Waals surface area contributed by atoms with Crippen molar-refractivity contribution in [3.05, 3.63) is 71.1 Å². The second-order valence-corrected chi connectivity index (χ2v) is 13.6. The molecule has 9 heteroatoms. The minimum atomic E-state index is -3.00. The summed E-state index contributed by atoms with van der Waals surface area (Å²) >= 11 is 0. The topological polar surface area (TPSA) is 128 Å². The van der Waals surface area contributed by atoms with E-state index in [1.807, 2.05) is 60.7 Å². The van der Waals surface area contributed by atoms with E-state index in [-0.39, 0.29) is 5.04 Å². The first-order valence-electron chi connectivity index (χ1n) is 10.2. The quantitative estimate of drug-likeness (QED) is 0.206. The average Bonchev–Trinajstić information content (AvgIpc) is 2.76. The minimum absolute atomic E-state index is 0.361. The molecule has 31 heavy (non-hydrogen) atoms. The Balaban J connectivity index is 2.34. The van der Waals surface area contributed by atoms with Crippen molar-refractivity contribution in [1.82, 2.24) is 0 Å². The fraction of sp³-hybridized carbons (Fsp3) is 0.455. The SMILES string of the molecule is CC(C)(C)[Si](c1ccccc1)(c1ccccc1)C1O[C@H](CO)[C@@H](O)[C@H](O)[C@H]1ON=[N+]=[N-]. The molecule has 3 rings (SSSR count). The van der Waals surface area contributed by atoms with Gasteiger partial charge in [-0.1, -0.05) is 91.8 Å². The fourth-order valence-electron chi connectivity index (χ4n) is 4.82. The zero-order valence-electron chi connectivity index (χ0n) is 17.9. The van der Waals surface area contributed by atoms with Crippen LogP contribution in [0, 0.1) is 0 Å².